The minimum absolute atomic E-state index is 0.998. The SMILES string of the molecule is c1cc(-c2ccc3ccccc3c2)cc(-c2c3ccccc3c(-c3cccc(-c4ccc5ccccc5c4)c3)c3c2cnc2ccccc23)c1. The summed E-state index contributed by atoms with van der Waals surface area (Å²) in [5.41, 5.74) is 10.7. The minimum atomic E-state index is 0.998. The van der Waals surface area contributed by atoms with E-state index in [0.717, 1.165) is 16.3 Å². The van der Waals surface area contributed by atoms with Gasteiger partial charge in [-0.1, -0.05) is 152 Å². The molecule has 0 radical (unpaired) electrons. The molecule has 232 valence electrons. The van der Waals surface area contributed by atoms with Gasteiger partial charge in [-0.25, -0.2) is 0 Å². The first-order valence-corrected chi connectivity index (χ1v) is 17.2. The molecule has 0 aliphatic heterocycles. The van der Waals surface area contributed by atoms with Crippen molar-refractivity contribution in [2.75, 3.05) is 0 Å². The summed E-state index contributed by atoms with van der Waals surface area (Å²) in [5, 5.41) is 11.0. The van der Waals surface area contributed by atoms with Crippen molar-refractivity contribution >= 4 is 54.0 Å². The summed E-state index contributed by atoms with van der Waals surface area (Å²) in [7, 11) is 0. The van der Waals surface area contributed by atoms with Crippen LogP contribution in [0.15, 0.2) is 188 Å². The predicted octanol–water partition coefficient (Wildman–Crippen LogP) is 13.5. The van der Waals surface area contributed by atoms with Crippen molar-refractivity contribution in [3.8, 4) is 44.5 Å². The van der Waals surface area contributed by atoms with Crippen LogP contribution in [0.25, 0.3) is 98.5 Å². The first-order chi connectivity index (χ1) is 24.8. The summed E-state index contributed by atoms with van der Waals surface area (Å²) in [6, 6.07) is 66.2. The highest BCUT2D eigenvalue weighted by Gasteiger charge is 2.20. The number of para-hydroxylation sites is 1. The highest BCUT2D eigenvalue weighted by Crippen LogP contribution is 2.46. The first kappa shape index (κ1) is 28.4. The summed E-state index contributed by atoms with van der Waals surface area (Å²) in [5.74, 6) is 0. The number of benzene rings is 9. The lowest BCUT2D eigenvalue weighted by Crippen LogP contribution is -1.94. The van der Waals surface area contributed by atoms with E-state index in [1.54, 1.807) is 0 Å². The van der Waals surface area contributed by atoms with E-state index in [0.29, 0.717) is 0 Å². The molecule has 9 aromatic carbocycles. The monoisotopic (exact) mass is 633 g/mol. The summed E-state index contributed by atoms with van der Waals surface area (Å²) in [4.78, 5) is 5.05. The molecule has 1 nitrogen and oxygen atoms in total. The van der Waals surface area contributed by atoms with Gasteiger partial charge in [-0.2, -0.15) is 0 Å². The Morgan fingerprint density at radius 1 is 0.280 bits per heavy atom. The number of nitrogens with zero attached hydrogens (tertiary/aromatic N) is 1. The van der Waals surface area contributed by atoms with Gasteiger partial charge in [-0.15, -0.1) is 0 Å². The van der Waals surface area contributed by atoms with Crippen LogP contribution in [-0.4, -0.2) is 4.98 Å². The van der Waals surface area contributed by atoms with Crippen molar-refractivity contribution in [3.05, 3.63) is 188 Å². The minimum Gasteiger partial charge on any atom is -0.256 e. The fourth-order valence-corrected chi connectivity index (χ4v) is 7.86. The average molecular weight is 634 g/mol. The van der Waals surface area contributed by atoms with Gasteiger partial charge < -0.3 is 0 Å². The highest BCUT2D eigenvalue weighted by molar-refractivity contribution is 6.27. The fourth-order valence-electron chi connectivity index (χ4n) is 7.86. The molecule has 50 heavy (non-hydrogen) atoms. The molecule has 0 atom stereocenters. The van der Waals surface area contributed by atoms with Crippen molar-refractivity contribution in [1.82, 2.24) is 4.98 Å². The van der Waals surface area contributed by atoms with Crippen molar-refractivity contribution < 1.29 is 0 Å². The van der Waals surface area contributed by atoms with Gasteiger partial charge in [0.15, 0.2) is 0 Å². The zero-order chi connectivity index (χ0) is 33.0. The van der Waals surface area contributed by atoms with E-state index in [-0.39, 0.29) is 0 Å². The van der Waals surface area contributed by atoms with Gasteiger partial charge in [0.05, 0.1) is 5.52 Å². The standard InChI is InChI=1S/C49H31N/c1-3-13-34-27-38(25-23-32(34)11-1)36-15-9-17-40(29-36)47-42-19-5-6-20-43(42)48(49-44-21-7-8-22-46(44)50-31-45(47)49)41-18-10-16-37(30-41)39-26-24-33-12-2-4-14-35(33)28-39/h1-31H. The van der Waals surface area contributed by atoms with Crippen LogP contribution in [0.4, 0.5) is 0 Å². The van der Waals surface area contributed by atoms with Crippen LogP contribution < -0.4 is 0 Å². The van der Waals surface area contributed by atoms with Gasteiger partial charge in [-0.3, -0.25) is 4.98 Å². The number of pyridine rings is 1. The molecule has 0 N–H and O–H groups in total. The zero-order valence-electron chi connectivity index (χ0n) is 27.3. The van der Waals surface area contributed by atoms with Crippen molar-refractivity contribution in [2.45, 2.75) is 0 Å². The van der Waals surface area contributed by atoms with Gasteiger partial charge in [0.25, 0.3) is 0 Å². The fraction of sp³-hybridized carbons (Fsp3) is 0. The maximum Gasteiger partial charge on any atom is 0.0708 e. The number of fused-ring (bicyclic) bond motifs is 6. The molecule has 0 spiro atoms. The number of hydrogen-bond donors (Lipinski definition) is 0. The third-order valence-electron chi connectivity index (χ3n) is 10.2. The van der Waals surface area contributed by atoms with Crippen molar-refractivity contribution in [2.24, 2.45) is 0 Å². The Morgan fingerprint density at radius 3 is 1.36 bits per heavy atom. The molecule has 1 heteroatoms. The Balaban J connectivity index is 1.24. The maximum atomic E-state index is 5.05. The Morgan fingerprint density at radius 2 is 0.740 bits per heavy atom. The molecule has 0 saturated heterocycles. The van der Waals surface area contributed by atoms with E-state index >= 15 is 0 Å². The summed E-state index contributed by atoms with van der Waals surface area (Å²) >= 11 is 0. The molecule has 10 aromatic rings. The van der Waals surface area contributed by atoms with Crippen molar-refractivity contribution in [3.63, 3.8) is 0 Å². The molecular formula is C49H31N. The Bertz CT molecular complexity index is 2930. The molecule has 0 aliphatic carbocycles. The summed E-state index contributed by atoms with van der Waals surface area (Å²) in [6.07, 6.45) is 2.10. The quantitative estimate of drug-likeness (QED) is 0.139. The van der Waals surface area contributed by atoms with Crippen LogP contribution in [0, 0.1) is 0 Å². The van der Waals surface area contributed by atoms with Crippen molar-refractivity contribution in [1.29, 1.82) is 0 Å². The molecular weight excluding hydrogens is 603 g/mol. The van der Waals surface area contributed by atoms with Crippen LogP contribution >= 0.6 is 0 Å². The maximum absolute atomic E-state index is 5.05. The lowest BCUT2D eigenvalue weighted by Gasteiger charge is -2.20. The second-order valence-corrected chi connectivity index (χ2v) is 13.1. The number of aromatic nitrogens is 1. The van der Waals surface area contributed by atoms with Gasteiger partial charge in [0.1, 0.15) is 0 Å². The molecule has 0 amide bonds. The smallest absolute Gasteiger partial charge is 0.0708 e. The second kappa shape index (κ2) is 11.5. The third kappa shape index (κ3) is 4.67. The average Bonchev–Trinajstić information content (AvgIpc) is 3.19. The van der Waals surface area contributed by atoms with Gasteiger partial charge in [0, 0.05) is 22.4 Å². The molecule has 0 aliphatic rings. The van der Waals surface area contributed by atoms with E-state index in [2.05, 4.69) is 188 Å². The lowest BCUT2D eigenvalue weighted by molar-refractivity contribution is 1.45. The second-order valence-electron chi connectivity index (χ2n) is 13.1. The van der Waals surface area contributed by atoms with Gasteiger partial charge in [0.2, 0.25) is 0 Å². The number of hydrogen-bond acceptors (Lipinski definition) is 1. The third-order valence-corrected chi connectivity index (χ3v) is 10.2. The van der Waals surface area contributed by atoms with E-state index in [1.165, 1.54) is 82.2 Å². The molecule has 0 fully saturated rings. The van der Waals surface area contributed by atoms with Crippen LogP contribution in [0.3, 0.4) is 0 Å². The lowest BCUT2D eigenvalue weighted by atomic mass is 9.84. The van der Waals surface area contributed by atoms with Crippen LogP contribution in [-0.2, 0) is 0 Å². The Labute approximate surface area is 290 Å². The molecule has 0 saturated carbocycles. The van der Waals surface area contributed by atoms with Gasteiger partial charge >= 0.3 is 0 Å². The predicted molar refractivity (Wildman–Crippen MR) is 214 cm³/mol. The summed E-state index contributed by atoms with van der Waals surface area (Å²) in [6.45, 7) is 0. The van der Waals surface area contributed by atoms with Crippen LogP contribution in [0.1, 0.15) is 0 Å². The van der Waals surface area contributed by atoms with Crippen LogP contribution in [0.2, 0.25) is 0 Å². The molecule has 0 unspecified atom stereocenters. The van der Waals surface area contributed by atoms with E-state index in [1.807, 2.05) is 0 Å². The Kier molecular flexibility index (Phi) is 6.57. The van der Waals surface area contributed by atoms with Gasteiger partial charge in [-0.05, 0) is 107 Å². The van der Waals surface area contributed by atoms with E-state index in [4.69, 9.17) is 4.98 Å². The molecule has 1 heterocycles. The summed E-state index contributed by atoms with van der Waals surface area (Å²) < 4.78 is 0. The molecule has 10 rings (SSSR count). The topological polar surface area (TPSA) is 12.9 Å². The van der Waals surface area contributed by atoms with E-state index in [9.17, 15) is 0 Å². The largest absolute Gasteiger partial charge is 0.256 e. The number of rotatable bonds is 4. The van der Waals surface area contributed by atoms with E-state index < -0.39 is 0 Å². The first-order valence-electron chi connectivity index (χ1n) is 17.2. The molecule has 1 aromatic heterocycles. The Hall–Kier alpha value is -6.57. The highest BCUT2D eigenvalue weighted by atomic mass is 14.7. The molecule has 0 bridgehead atoms. The zero-order valence-corrected chi connectivity index (χ0v) is 27.3. The normalized spacial score (nSPS) is 11.6. The van der Waals surface area contributed by atoms with Crippen LogP contribution in [0.5, 0.6) is 0 Å².